The van der Waals surface area contributed by atoms with E-state index in [1.165, 1.54) is 60.9 Å². The third kappa shape index (κ3) is 8.61. The van der Waals surface area contributed by atoms with E-state index in [1.807, 2.05) is 0 Å². The largest absolute Gasteiger partial charge is 0.496 e. The van der Waals surface area contributed by atoms with Crippen molar-refractivity contribution in [3.05, 3.63) is 187 Å². The van der Waals surface area contributed by atoms with Crippen molar-refractivity contribution < 1.29 is 45.9 Å². The molecule has 67 heavy (non-hydrogen) atoms. The average Bonchev–Trinajstić information content (AvgIpc) is 3.91. The number of alkyl halides is 3. The maximum absolute atomic E-state index is 15.4. The van der Waals surface area contributed by atoms with Crippen LogP contribution in [0.5, 0.6) is 5.75 Å². The van der Waals surface area contributed by atoms with E-state index >= 15 is 13.6 Å². The summed E-state index contributed by atoms with van der Waals surface area (Å²) in [6.07, 6.45) is 3.34. The van der Waals surface area contributed by atoms with Crippen LogP contribution in [0.4, 0.5) is 22.0 Å². The topological polar surface area (TPSA) is 152 Å². The second kappa shape index (κ2) is 18.3. The van der Waals surface area contributed by atoms with Crippen molar-refractivity contribution >= 4 is 35.2 Å². The van der Waals surface area contributed by atoms with Crippen LogP contribution < -0.4 is 16.2 Å². The predicted molar refractivity (Wildman–Crippen MR) is 238 cm³/mol. The maximum Gasteiger partial charge on any atom is 0.417 e. The average molecular weight is 939 g/mol. The fourth-order valence-electron chi connectivity index (χ4n) is 9.89. The normalized spacial score (nSPS) is 18.4. The number of amides is 4. The van der Waals surface area contributed by atoms with Crippen LogP contribution in [-0.2, 0) is 28.6 Å². The van der Waals surface area contributed by atoms with Gasteiger partial charge in [0.25, 0.3) is 11.8 Å². The Morgan fingerprint density at radius 3 is 2.03 bits per heavy atom. The molecule has 1 aliphatic heterocycles. The summed E-state index contributed by atoms with van der Waals surface area (Å²) in [5.41, 5.74) is 13.1. The van der Waals surface area contributed by atoms with Gasteiger partial charge in [0, 0.05) is 41.8 Å². The number of pyridine rings is 1. The molecule has 0 fully saturated rings. The molecule has 0 radical (unpaired) electrons. The summed E-state index contributed by atoms with van der Waals surface area (Å²) in [6.45, 7) is 1.73. The summed E-state index contributed by atoms with van der Waals surface area (Å²) in [7, 11) is 3.00. The van der Waals surface area contributed by atoms with Crippen LogP contribution in [-0.4, -0.2) is 63.5 Å². The zero-order valence-corrected chi connectivity index (χ0v) is 37.1. The SMILES string of the molecule is COc1c(C(=O)N([C@@H]2CCc3c(F)cc(C)cc32)[C@@H](C(N)=O)c2cccnc2)cccc1C1C=CC([C@H](C(N)=O)N(C(=O)c2ccccc2C(F)(F)F)[C@@H]2CCc3c(F)cc(Cl)cc32)=CN1C. The molecule has 17 heteroatoms. The number of nitrogens with two attached hydrogens (primary N) is 2. The van der Waals surface area contributed by atoms with Crippen LogP contribution in [0.25, 0.3) is 0 Å². The highest BCUT2D eigenvalue weighted by Crippen LogP contribution is 2.46. The molecular formula is C50H44ClF5N6O5. The third-order valence-corrected chi connectivity index (χ3v) is 12.9. The van der Waals surface area contributed by atoms with Crippen molar-refractivity contribution in [3.8, 4) is 5.75 Å². The number of fused-ring (bicyclic) bond motifs is 2. The molecule has 2 heterocycles. The summed E-state index contributed by atoms with van der Waals surface area (Å²) >= 11 is 6.28. The number of likely N-dealkylation sites (N-methyl/N-ethyl adjacent to an activating group) is 1. The monoisotopic (exact) mass is 938 g/mol. The van der Waals surface area contributed by atoms with Crippen molar-refractivity contribution in [2.24, 2.45) is 11.5 Å². The number of carbonyl (C=O) groups excluding carboxylic acids is 4. The Morgan fingerprint density at radius 2 is 1.42 bits per heavy atom. The minimum atomic E-state index is -4.95. The number of carbonyl (C=O) groups is 4. The molecule has 4 amide bonds. The maximum atomic E-state index is 15.4. The zero-order chi connectivity index (χ0) is 48.1. The first-order chi connectivity index (χ1) is 31.9. The number of nitrogens with zero attached hydrogens (tertiary/aromatic N) is 4. The Balaban J connectivity index is 1.20. The molecule has 0 saturated carbocycles. The fraction of sp³-hybridized carbons (Fsp3) is 0.260. The molecule has 4 aromatic carbocycles. The molecule has 346 valence electrons. The van der Waals surface area contributed by atoms with Crippen molar-refractivity contribution in [1.82, 2.24) is 19.7 Å². The quantitative estimate of drug-likeness (QED) is 0.119. The molecule has 1 aromatic heterocycles. The predicted octanol–water partition coefficient (Wildman–Crippen LogP) is 8.82. The van der Waals surface area contributed by atoms with Gasteiger partial charge in [-0.3, -0.25) is 24.2 Å². The number of aromatic nitrogens is 1. The molecule has 3 aliphatic rings. The Kier molecular flexibility index (Phi) is 12.7. The highest BCUT2D eigenvalue weighted by atomic mass is 35.5. The minimum Gasteiger partial charge on any atom is -0.496 e. The molecule has 0 bridgehead atoms. The number of rotatable bonds is 12. The lowest BCUT2D eigenvalue weighted by molar-refractivity contribution is -0.138. The molecule has 8 rings (SSSR count). The smallest absolute Gasteiger partial charge is 0.417 e. The van der Waals surface area contributed by atoms with Crippen molar-refractivity contribution in [3.63, 3.8) is 0 Å². The first-order valence-electron chi connectivity index (χ1n) is 21.3. The van der Waals surface area contributed by atoms with Crippen molar-refractivity contribution in [2.75, 3.05) is 14.2 Å². The Hall–Kier alpha value is -7.07. The first kappa shape index (κ1) is 46.5. The molecule has 4 N–H and O–H groups in total. The summed E-state index contributed by atoms with van der Waals surface area (Å²) in [5, 5.41) is -0.0155. The molecule has 5 aromatic rings. The zero-order valence-electron chi connectivity index (χ0n) is 36.4. The molecule has 1 unspecified atom stereocenters. The van der Waals surface area contributed by atoms with Gasteiger partial charge in [-0.1, -0.05) is 60.2 Å². The van der Waals surface area contributed by atoms with Crippen molar-refractivity contribution in [1.29, 1.82) is 0 Å². The van der Waals surface area contributed by atoms with Gasteiger partial charge in [-0.05, 0) is 108 Å². The van der Waals surface area contributed by atoms with E-state index in [2.05, 4.69) is 4.98 Å². The van der Waals surface area contributed by atoms with Gasteiger partial charge < -0.3 is 30.9 Å². The summed E-state index contributed by atoms with van der Waals surface area (Å²) in [5.74, 6) is -4.74. The standard InChI is InChI=1S/C50H44ClF5N6O5/c1-26-20-35-30(38(52)21-26)14-17-41(35)61(43(46(57)63)27-8-7-19-59-24-27)49(66)34-11-6-10-33(45(34)67-3)40-16-13-28(25-60(40)2)44(47(58)64)62(42-18-15-31-36(42)22-29(51)23-39(31)53)48(65)32-9-4-5-12-37(32)50(54,55)56/h4-13,16,19-25,40-44H,14-15,17-18H2,1-3H3,(H2,57,63)(H2,58,64)/t40?,41-,42-,43-,44-/m1/s1. The van der Waals surface area contributed by atoms with Gasteiger partial charge in [0.05, 0.1) is 41.9 Å². The van der Waals surface area contributed by atoms with E-state index in [0.717, 1.165) is 29.2 Å². The number of ether oxygens (including phenoxy) is 1. The fourth-order valence-corrected chi connectivity index (χ4v) is 10.1. The van der Waals surface area contributed by atoms with E-state index < -0.39 is 82.8 Å². The number of hydrogen-bond donors (Lipinski definition) is 2. The number of benzene rings is 4. The van der Waals surface area contributed by atoms with Crippen LogP contribution in [0, 0.1) is 18.6 Å². The van der Waals surface area contributed by atoms with Crippen LogP contribution in [0.2, 0.25) is 5.02 Å². The second-order valence-electron chi connectivity index (χ2n) is 16.8. The number of primary amides is 2. The van der Waals surface area contributed by atoms with Gasteiger partial charge >= 0.3 is 6.18 Å². The number of hydrogen-bond acceptors (Lipinski definition) is 7. The third-order valence-electron chi connectivity index (χ3n) is 12.7. The van der Waals surface area contributed by atoms with Crippen LogP contribution in [0.3, 0.4) is 0 Å². The summed E-state index contributed by atoms with van der Waals surface area (Å²) in [4.78, 5) is 65.2. The first-order valence-corrected chi connectivity index (χ1v) is 21.6. The highest BCUT2D eigenvalue weighted by Gasteiger charge is 2.45. The van der Waals surface area contributed by atoms with Gasteiger partial charge in [-0.2, -0.15) is 13.2 Å². The molecule has 5 atom stereocenters. The van der Waals surface area contributed by atoms with Crippen LogP contribution >= 0.6 is 11.6 Å². The number of aryl methyl sites for hydroxylation is 1. The van der Waals surface area contributed by atoms with E-state index in [4.69, 9.17) is 27.8 Å². The Morgan fingerprint density at radius 1 is 0.806 bits per heavy atom. The van der Waals surface area contributed by atoms with E-state index in [9.17, 15) is 27.6 Å². The van der Waals surface area contributed by atoms with E-state index in [-0.39, 0.29) is 52.3 Å². The lowest BCUT2D eigenvalue weighted by Gasteiger charge is -2.39. The second-order valence-corrected chi connectivity index (χ2v) is 17.2. The molecule has 0 spiro atoms. The number of methoxy groups -OCH3 is 1. The van der Waals surface area contributed by atoms with E-state index in [0.29, 0.717) is 34.2 Å². The Bertz CT molecular complexity index is 2870. The van der Waals surface area contributed by atoms with Gasteiger partial charge in [-0.15, -0.1) is 0 Å². The van der Waals surface area contributed by atoms with Crippen molar-refractivity contribution in [2.45, 2.75) is 69.0 Å². The Labute approximate surface area is 387 Å². The molecule has 11 nitrogen and oxygen atoms in total. The number of para-hydroxylation sites is 1. The van der Waals surface area contributed by atoms with Crippen LogP contribution in [0.1, 0.15) is 102 Å². The van der Waals surface area contributed by atoms with Crippen LogP contribution in [0.15, 0.2) is 115 Å². The minimum absolute atomic E-state index is 0.0155. The highest BCUT2D eigenvalue weighted by molar-refractivity contribution is 6.30. The molecule has 2 aliphatic carbocycles. The van der Waals surface area contributed by atoms with Gasteiger partial charge in [0.2, 0.25) is 11.8 Å². The van der Waals surface area contributed by atoms with E-state index in [1.54, 1.807) is 55.3 Å². The molecule has 0 saturated heterocycles. The van der Waals surface area contributed by atoms with Gasteiger partial charge in [-0.25, -0.2) is 8.78 Å². The summed E-state index contributed by atoms with van der Waals surface area (Å²) < 4.78 is 79.9. The van der Waals surface area contributed by atoms with Gasteiger partial charge in [0.15, 0.2) is 0 Å². The summed E-state index contributed by atoms with van der Waals surface area (Å²) in [6, 6.07) is 12.3. The lowest BCUT2D eigenvalue weighted by atomic mass is 9.92. The molecular weight excluding hydrogens is 895 g/mol. The number of halogens is 6. The lowest BCUT2D eigenvalue weighted by Crippen LogP contribution is -2.51. The van der Waals surface area contributed by atoms with Gasteiger partial charge in [0.1, 0.15) is 29.5 Å².